The molecule has 1 N–H and O–H groups in total. The van der Waals surface area contributed by atoms with Gasteiger partial charge >= 0.3 is 0 Å². The Labute approximate surface area is 147 Å². The molecule has 0 saturated carbocycles. The highest BCUT2D eigenvalue weighted by Gasteiger charge is 2.12. The standard InChI is InChI=1S/C19H22ClNO3/c1-12(2)13-5-7-14(8-6-13)19(22)21-11-15-9-17(23-3)18(24-4)10-16(15)20/h5-10,12H,11H2,1-4H3,(H,21,22). The third-order valence-electron chi connectivity index (χ3n) is 3.83. The molecule has 5 heteroatoms. The molecule has 0 unspecified atom stereocenters. The molecule has 0 radical (unpaired) electrons. The maximum Gasteiger partial charge on any atom is 0.251 e. The first kappa shape index (κ1) is 18.1. The van der Waals surface area contributed by atoms with Crippen molar-refractivity contribution in [2.45, 2.75) is 26.3 Å². The zero-order chi connectivity index (χ0) is 17.7. The fraction of sp³-hybridized carbons (Fsp3) is 0.316. The van der Waals surface area contributed by atoms with E-state index in [0.29, 0.717) is 34.5 Å². The summed E-state index contributed by atoms with van der Waals surface area (Å²) in [4.78, 5) is 12.3. The van der Waals surface area contributed by atoms with Crippen LogP contribution < -0.4 is 14.8 Å². The molecule has 24 heavy (non-hydrogen) atoms. The number of methoxy groups -OCH3 is 2. The fourth-order valence-corrected chi connectivity index (χ4v) is 2.55. The van der Waals surface area contributed by atoms with Crippen molar-refractivity contribution in [2.75, 3.05) is 14.2 Å². The molecule has 0 spiro atoms. The largest absolute Gasteiger partial charge is 0.493 e. The summed E-state index contributed by atoms with van der Waals surface area (Å²) in [5, 5.41) is 3.39. The fourth-order valence-electron chi connectivity index (χ4n) is 2.33. The van der Waals surface area contributed by atoms with Crippen LogP contribution in [0.25, 0.3) is 0 Å². The zero-order valence-electron chi connectivity index (χ0n) is 14.4. The minimum absolute atomic E-state index is 0.142. The number of hydrogen-bond donors (Lipinski definition) is 1. The quantitative estimate of drug-likeness (QED) is 0.841. The molecular formula is C19H22ClNO3. The van der Waals surface area contributed by atoms with Crippen molar-refractivity contribution >= 4 is 17.5 Å². The summed E-state index contributed by atoms with van der Waals surface area (Å²) >= 11 is 6.24. The first-order valence-electron chi connectivity index (χ1n) is 7.74. The Morgan fingerprint density at radius 3 is 2.21 bits per heavy atom. The Balaban J connectivity index is 2.08. The van der Waals surface area contributed by atoms with Crippen LogP contribution in [0.1, 0.15) is 41.3 Å². The lowest BCUT2D eigenvalue weighted by molar-refractivity contribution is 0.0951. The van der Waals surface area contributed by atoms with Gasteiger partial charge in [0.15, 0.2) is 11.5 Å². The van der Waals surface area contributed by atoms with Gasteiger partial charge in [0.05, 0.1) is 14.2 Å². The van der Waals surface area contributed by atoms with E-state index in [1.165, 1.54) is 5.56 Å². The van der Waals surface area contributed by atoms with Gasteiger partial charge in [0.1, 0.15) is 0 Å². The lowest BCUT2D eigenvalue weighted by Gasteiger charge is -2.12. The Kier molecular flexibility index (Phi) is 6.10. The number of ether oxygens (including phenoxy) is 2. The number of hydrogen-bond acceptors (Lipinski definition) is 3. The van der Waals surface area contributed by atoms with Crippen LogP contribution in [0.5, 0.6) is 11.5 Å². The predicted molar refractivity (Wildman–Crippen MR) is 96.3 cm³/mol. The summed E-state index contributed by atoms with van der Waals surface area (Å²) in [6.07, 6.45) is 0. The third kappa shape index (κ3) is 4.20. The Morgan fingerprint density at radius 2 is 1.67 bits per heavy atom. The molecule has 4 nitrogen and oxygen atoms in total. The predicted octanol–water partition coefficient (Wildman–Crippen LogP) is 4.41. The number of carbonyl (C=O) groups excluding carboxylic acids is 1. The van der Waals surface area contributed by atoms with Gasteiger partial charge in [-0.1, -0.05) is 37.6 Å². The molecule has 0 aliphatic carbocycles. The van der Waals surface area contributed by atoms with Gasteiger partial charge < -0.3 is 14.8 Å². The molecule has 128 valence electrons. The monoisotopic (exact) mass is 347 g/mol. The highest BCUT2D eigenvalue weighted by atomic mass is 35.5. The summed E-state index contributed by atoms with van der Waals surface area (Å²) in [6.45, 7) is 4.55. The van der Waals surface area contributed by atoms with Crippen molar-refractivity contribution in [3.05, 3.63) is 58.1 Å². The second-order valence-electron chi connectivity index (χ2n) is 5.76. The average molecular weight is 348 g/mol. The molecule has 1 amide bonds. The van der Waals surface area contributed by atoms with E-state index in [4.69, 9.17) is 21.1 Å². The van der Waals surface area contributed by atoms with Gasteiger partial charge in [0.25, 0.3) is 5.91 Å². The van der Waals surface area contributed by atoms with Crippen LogP contribution in [-0.2, 0) is 6.54 Å². The van der Waals surface area contributed by atoms with Gasteiger partial charge in [-0.15, -0.1) is 0 Å². The molecule has 0 heterocycles. The van der Waals surface area contributed by atoms with E-state index in [2.05, 4.69) is 19.2 Å². The summed E-state index contributed by atoms with van der Waals surface area (Å²) in [5.74, 6) is 1.43. The van der Waals surface area contributed by atoms with Crippen LogP contribution in [-0.4, -0.2) is 20.1 Å². The maximum atomic E-state index is 12.3. The highest BCUT2D eigenvalue weighted by molar-refractivity contribution is 6.31. The molecule has 2 aromatic carbocycles. The average Bonchev–Trinajstić information content (AvgIpc) is 2.60. The number of nitrogens with one attached hydrogen (secondary N) is 1. The summed E-state index contributed by atoms with van der Waals surface area (Å²) in [6, 6.07) is 11.1. The SMILES string of the molecule is COc1cc(Cl)c(CNC(=O)c2ccc(C(C)C)cc2)cc1OC. The van der Waals surface area contributed by atoms with Crippen LogP contribution in [0.2, 0.25) is 5.02 Å². The second-order valence-corrected chi connectivity index (χ2v) is 6.17. The molecule has 0 aromatic heterocycles. The first-order valence-corrected chi connectivity index (χ1v) is 8.12. The maximum absolute atomic E-state index is 12.3. The summed E-state index contributed by atoms with van der Waals surface area (Å²) < 4.78 is 10.5. The minimum Gasteiger partial charge on any atom is -0.493 e. The van der Waals surface area contributed by atoms with Crippen molar-refractivity contribution < 1.29 is 14.3 Å². The third-order valence-corrected chi connectivity index (χ3v) is 4.18. The van der Waals surface area contributed by atoms with E-state index < -0.39 is 0 Å². The first-order chi connectivity index (χ1) is 11.5. The van der Waals surface area contributed by atoms with Crippen molar-refractivity contribution in [1.29, 1.82) is 0 Å². The molecule has 2 aromatic rings. The molecule has 2 rings (SSSR count). The number of halogens is 1. The van der Waals surface area contributed by atoms with E-state index in [-0.39, 0.29) is 5.91 Å². The van der Waals surface area contributed by atoms with E-state index in [1.807, 2.05) is 24.3 Å². The van der Waals surface area contributed by atoms with E-state index in [1.54, 1.807) is 26.4 Å². The number of benzene rings is 2. The molecule has 0 bridgehead atoms. The van der Waals surface area contributed by atoms with E-state index in [0.717, 1.165) is 5.56 Å². The minimum atomic E-state index is -0.142. The Morgan fingerprint density at radius 1 is 1.08 bits per heavy atom. The number of carbonyl (C=O) groups is 1. The molecule has 0 atom stereocenters. The molecule has 0 aliphatic rings. The summed E-state index contributed by atoms with van der Waals surface area (Å²) in [7, 11) is 3.11. The van der Waals surface area contributed by atoms with Crippen LogP contribution in [0.15, 0.2) is 36.4 Å². The van der Waals surface area contributed by atoms with Gasteiger partial charge in [0.2, 0.25) is 0 Å². The summed E-state index contributed by atoms with van der Waals surface area (Å²) in [5.41, 5.74) is 2.59. The van der Waals surface area contributed by atoms with Gasteiger partial charge in [-0.05, 0) is 35.2 Å². The lowest BCUT2D eigenvalue weighted by atomic mass is 10.0. The van der Waals surface area contributed by atoms with Crippen molar-refractivity contribution in [3.8, 4) is 11.5 Å². The smallest absolute Gasteiger partial charge is 0.251 e. The van der Waals surface area contributed by atoms with Crippen molar-refractivity contribution in [2.24, 2.45) is 0 Å². The van der Waals surface area contributed by atoms with Crippen LogP contribution in [0, 0.1) is 0 Å². The van der Waals surface area contributed by atoms with Crippen molar-refractivity contribution in [1.82, 2.24) is 5.32 Å². The molecular weight excluding hydrogens is 326 g/mol. The Bertz CT molecular complexity index is 711. The number of amides is 1. The molecule has 0 fully saturated rings. The van der Waals surface area contributed by atoms with E-state index in [9.17, 15) is 4.79 Å². The normalized spacial score (nSPS) is 10.6. The molecule has 0 saturated heterocycles. The van der Waals surface area contributed by atoms with Gasteiger partial charge in [-0.25, -0.2) is 0 Å². The Hall–Kier alpha value is -2.20. The number of rotatable bonds is 6. The van der Waals surface area contributed by atoms with E-state index >= 15 is 0 Å². The second kappa shape index (κ2) is 8.06. The van der Waals surface area contributed by atoms with Gasteiger partial charge in [-0.3, -0.25) is 4.79 Å². The van der Waals surface area contributed by atoms with Gasteiger partial charge in [0, 0.05) is 23.2 Å². The van der Waals surface area contributed by atoms with Crippen LogP contribution >= 0.6 is 11.6 Å². The van der Waals surface area contributed by atoms with Gasteiger partial charge in [-0.2, -0.15) is 0 Å². The zero-order valence-corrected chi connectivity index (χ0v) is 15.1. The molecule has 0 aliphatic heterocycles. The van der Waals surface area contributed by atoms with Crippen LogP contribution in [0.3, 0.4) is 0 Å². The van der Waals surface area contributed by atoms with Crippen molar-refractivity contribution in [3.63, 3.8) is 0 Å². The highest BCUT2D eigenvalue weighted by Crippen LogP contribution is 2.33. The lowest BCUT2D eigenvalue weighted by Crippen LogP contribution is -2.23. The topological polar surface area (TPSA) is 47.6 Å². The van der Waals surface area contributed by atoms with Crippen LogP contribution in [0.4, 0.5) is 0 Å².